The Balaban J connectivity index is 0.000000494. The maximum Gasteiger partial charge on any atom is 0.490 e. The van der Waals surface area contributed by atoms with E-state index in [2.05, 4.69) is 58.2 Å². The molecular weight excluding hydrogens is 736 g/mol. The summed E-state index contributed by atoms with van der Waals surface area (Å²) in [7, 11) is 0. The van der Waals surface area contributed by atoms with Crippen molar-refractivity contribution in [3.05, 3.63) is 84.6 Å². The van der Waals surface area contributed by atoms with Crippen LogP contribution in [0.2, 0.25) is 0 Å². The first-order valence-electron chi connectivity index (χ1n) is 17.3. The molecule has 0 bridgehead atoms. The second kappa shape index (κ2) is 20.1. The number of aromatic amines is 1. The first-order valence-corrected chi connectivity index (χ1v) is 17.3. The van der Waals surface area contributed by atoms with Crippen molar-refractivity contribution in [2.24, 2.45) is 0 Å². The van der Waals surface area contributed by atoms with Crippen LogP contribution in [-0.4, -0.2) is 65.7 Å². The number of carbonyl (C=O) groups excluding carboxylic acids is 2. The molecule has 0 fully saturated rings. The Morgan fingerprint density at radius 3 is 2.05 bits per heavy atom. The number of hydrogen-bond acceptors (Lipinski definition) is 6. The van der Waals surface area contributed by atoms with E-state index in [0.717, 1.165) is 66.0 Å². The molecule has 11 nitrogen and oxygen atoms in total. The zero-order valence-corrected chi connectivity index (χ0v) is 30.0. The van der Waals surface area contributed by atoms with Crippen molar-refractivity contribution >= 4 is 45.4 Å². The predicted molar refractivity (Wildman–Crippen MR) is 192 cm³/mol. The molecule has 2 aromatic heterocycles. The molecule has 0 aliphatic heterocycles. The van der Waals surface area contributed by atoms with Gasteiger partial charge in [0.05, 0.1) is 29.0 Å². The smallest absolute Gasteiger partial charge is 0.475 e. The van der Waals surface area contributed by atoms with Gasteiger partial charge in [-0.3, -0.25) is 9.59 Å². The van der Waals surface area contributed by atoms with E-state index in [-0.39, 0.29) is 11.9 Å². The van der Waals surface area contributed by atoms with Crippen LogP contribution in [0, 0.1) is 0 Å². The van der Waals surface area contributed by atoms with Crippen molar-refractivity contribution in [2.75, 3.05) is 0 Å². The molecule has 0 saturated carbocycles. The van der Waals surface area contributed by atoms with Gasteiger partial charge < -0.3 is 25.1 Å². The van der Waals surface area contributed by atoms with E-state index in [9.17, 15) is 35.9 Å². The van der Waals surface area contributed by atoms with Crippen LogP contribution in [0.4, 0.5) is 26.3 Å². The van der Waals surface area contributed by atoms with Gasteiger partial charge in [0.2, 0.25) is 5.91 Å². The molecule has 0 radical (unpaired) electrons. The summed E-state index contributed by atoms with van der Waals surface area (Å²) in [6.45, 7) is 4.57. The number of fused-ring (bicyclic) bond motifs is 2. The molecule has 4 N–H and O–H groups in total. The van der Waals surface area contributed by atoms with E-state index in [1.807, 2.05) is 43.5 Å². The van der Waals surface area contributed by atoms with Gasteiger partial charge in [0.25, 0.3) is 0 Å². The number of imidazole rings is 2. The number of nitrogens with one attached hydrogen (secondary N) is 2. The Bertz CT molecular complexity index is 2030. The van der Waals surface area contributed by atoms with Crippen LogP contribution in [0.5, 0.6) is 0 Å². The third-order valence-corrected chi connectivity index (χ3v) is 8.26. The van der Waals surface area contributed by atoms with Gasteiger partial charge in [-0.15, -0.1) is 0 Å². The van der Waals surface area contributed by atoms with Gasteiger partial charge in [0, 0.05) is 37.8 Å². The second-order valence-corrected chi connectivity index (χ2v) is 12.2. The molecule has 0 aliphatic rings. The lowest BCUT2D eigenvalue weighted by Crippen LogP contribution is -2.30. The summed E-state index contributed by atoms with van der Waals surface area (Å²) < 4.78 is 65.6. The summed E-state index contributed by atoms with van der Waals surface area (Å²) in [5, 5.41) is 19.9. The van der Waals surface area contributed by atoms with Crippen molar-refractivity contribution in [3.8, 4) is 11.3 Å². The van der Waals surface area contributed by atoms with E-state index >= 15 is 0 Å². The fourth-order valence-electron chi connectivity index (χ4n) is 5.44. The first kappa shape index (κ1) is 43.7. The Kier molecular flexibility index (Phi) is 15.9. The topological polar surface area (TPSA) is 167 Å². The summed E-state index contributed by atoms with van der Waals surface area (Å²) in [4.78, 5) is 55.7. The zero-order valence-electron chi connectivity index (χ0n) is 30.0. The summed E-state index contributed by atoms with van der Waals surface area (Å²) in [6, 6.07) is 22.5. The average Bonchev–Trinajstić information content (AvgIpc) is 3.78. The second-order valence-electron chi connectivity index (χ2n) is 12.2. The number of aromatic nitrogens is 4. The number of Topliss-reactive ketones (excluding diaryl/α,β-unsaturated/α-hetero) is 1. The number of carboxylic acids is 2. The lowest BCUT2D eigenvalue weighted by atomic mass is 10.0. The van der Waals surface area contributed by atoms with Crippen molar-refractivity contribution in [2.45, 2.75) is 90.2 Å². The molecule has 17 heteroatoms. The molecule has 3 aromatic carbocycles. The molecule has 5 aromatic rings. The van der Waals surface area contributed by atoms with E-state index in [1.165, 1.54) is 10.8 Å². The molecule has 55 heavy (non-hydrogen) atoms. The van der Waals surface area contributed by atoms with Gasteiger partial charge in [-0.25, -0.2) is 19.6 Å². The van der Waals surface area contributed by atoms with Gasteiger partial charge >= 0.3 is 24.3 Å². The summed E-state index contributed by atoms with van der Waals surface area (Å²) in [5.74, 6) is -3.48. The highest BCUT2D eigenvalue weighted by Gasteiger charge is 2.38. The Hall–Kier alpha value is -5.74. The van der Waals surface area contributed by atoms with Crippen molar-refractivity contribution in [3.63, 3.8) is 0 Å². The van der Waals surface area contributed by atoms with Crippen LogP contribution < -0.4 is 5.32 Å². The number of carboxylic acid groups (broad SMARTS) is 2. The number of rotatable bonds is 14. The number of unbranched alkanes of at least 4 members (excludes halogenated alkanes) is 2. The van der Waals surface area contributed by atoms with Crippen LogP contribution in [0.3, 0.4) is 0 Å². The molecule has 2 heterocycles. The molecule has 0 saturated heterocycles. The SMILES string of the molecule is CCC(=O)CCCCC[C@H](NC(=O)CCn1c(CC)nc2ccccc21)c1ncc(-c2ccc3ccccc3c2)[nH]1.O=C(O)C(F)(F)F.O=C(O)C(F)(F)F. The zero-order chi connectivity index (χ0) is 40.8. The van der Waals surface area contributed by atoms with E-state index in [1.54, 1.807) is 0 Å². The number of aryl methyl sites for hydroxylation is 2. The fourth-order valence-corrected chi connectivity index (χ4v) is 5.44. The van der Waals surface area contributed by atoms with E-state index in [0.29, 0.717) is 31.6 Å². The molecule has 0 spiro atoms. The molecule has 5 rings (SSSR count). The molecule has 1 atom stereocenters. The minimum absolute atomic E-state index is 0.0142. The largest absolute Gasteiger partial charge is 0.490 e. The summed E-state index contributed by atoms with van der Waals surface area (Å²) in [5.41, 5.74) is 4.00. The van der Waals surface area contributed by atoms with E-state index in [4.69, 9.17) is 29.8 Å². The Morgan fingerprint density at radius 1 is 0.818 bits per heavy atom. The number of alkyl halides is 6. The molecule has 296 valence electrons. The van der Waals surface area contributed by atoms with Crippen LogP contribution in [0.25, 0.3) is 33.1 Å². The van der Waals surface area contributed by atoms with Crippen molar-refractivity contribution in [1.29, 1.82) is 0 Å². The van der Waals surface area contributed by atoms with Crippen LogP contribution >= 0.6 is 0 Å². The van der Waals surface area contributed by atoms with E-state index < -0.39 is 24.3 Å². The predicted octanol–water partition coefficient (Wildman–Crippen LogP) is 8.59. The highest BCUT2D eigenvalue weighted by molar-refractivity contribution is 5.86. The number of para-hydroxylation sites is 2. The monoisotopic (exact) mass is 777 g/mol. The van der Waals surface area contributed by atoms with Crippen molar-refractivity contribution in [1.82, 2.24) is 24.8 Å². The van der Waals surface area contributed by atoms with Gasteiger partial charge in [-0.05, 0) is 41.8 Å². The summed E-state index contributed by atoms with van der Waals surface area (Å²) in [6.07, 6.45) is -2.46. The Labute approximate surface area is 311 Å². The number of aliphatic carboxylic acids is 2. The lowest BCUT2D eigenvalue weighted by Gasteiger charge is -2.17. The normalized spacial score (nSPS) is 11.9. The van der Waals surface area contributed by atoms with Crippen LogP contribution in [-0.2, 0) is 32.1 Å². The number of nitrogens with zero attached hydrogens (tertiary/aromatic N) is 3. The number of halogens is 6. The number of benzene rings is 3. The van der Waals surface area contributed by atoms with Gasteiger partial charge in [-0.2, -0.15) is 26.3 Å². The molecule has 1 amide bonds. The fraction of sp³-hybridized carbons (Fsp3) is 0.368. The average molecular weight is 778 g/mol. The number of carbonyl (C=O) groups is 4. The minimum atomic E-state index is -5.08. The molecule has 0 aliphatic carbocycles. The first-order chi connectivity index (χ1) is 25.9. The maximum absolute atomic E-state index is 13.3. The lowest BCUT2D eigenvalue weighted by molar-refractivity contribution is -0.193. The summed E-state index contributed by atoms with van der Waals surface area (Å²) >= 11 is 0. The third kappa shape index (κ3) is 13.6. The quantitative estimate of drug-likeness (QED) is 0.0643. The number of H-pyrrole nitrogens is 1. The molecule has 0 unspecified atom stereocenters. The highest BCUT2D eigenvalue weighted by Crippen LogP contribution is 2.26. The van der Waals surface area contributed by atoms with Gasteiger partial charge in [0.15, 0.2) is 0 Å². The maximum atomic E-state index is 13.3. The standard InChI is InChI=1S/C34H39N5O2.2C2HF3O2/c1-3-27(40)14-6-5-7-16-29(34-35-23-30(38-34)26-19-18-24-12-8-9-13-25(24)22-26)37-33(41)20-21-39-31-17-11-10-15-28(31)36-32(39)4-2;2*3-2(4,5)1(6)7/h8-13,15,17-19,22-23,29H,3-7,14,16,20-21H2,1-2H3,(H,35,38)(H,37,41);2*(H,6,7)/t29-;;/m0../s1. The van der Waals surface area contributed by atoms with Crippen molar-refractivity contribution < 1.29 is 55.7 Å². The number of ketones is 1. The van der Waals surface area contributed by atoms with Crippen LogP contribution in [0.15, 0.2) is 72.9 Å². The number of amides is 1. The number of hydrogen-bond donors (Lipinski definition) is 4. The van der Waals surface area contributed by atoms with Gasteiger partial charge in [-0.1, -0.05) is 75.2 Å². The van der Waals surface area contributed by atoms with Gasteiger partial charge in [0.1, 0.15) is 17.4 Å². The third-order valence-electron chi connectivity index (χ3n) is 8.26. The minimum Gasteiger partial charge on any atom is -0.475 e. The highest BCUT2D eigenvalue weighted by atomic mass is 19.4. The Morgan fingerprint density at radius 2 is 1.44 bits per heavy atom. The van der Waals surface area contributed by atoms with Crippen LogP contribution in [0.1, 0.15) is 76.5 Å². The molecular formula is C38H41F6N5O6.